The van der Waals surface area contributed by atoms with Crippen LogP contribution in [0.1, 0.15) is 6.92 Å². The van der Waals surface area contributed by atoms with Gasteiger partial charge < -0.3 is 20.1 Å². The monoisotopic (exact) mass is 344 g/mol. The molecule has 0 bridgehead atoms. The highest BCUT2D eigenvalue weighted by Crippen LogP contribution is 2.18. The average molecular weight is 344 g/mol. The number of aromatic nitrogens is 3. The molecule has 1 aliphatic heterocycles. The molecule has 2 aromatic rings. The highest BCUT2D eigenvalue weighted by molar-refractivity contribution is 5.57. The second-order valence-electron chi connectivity index (χ2n) is 5.63. The van der Waals surface area contributed by atoms with Gasteiger partial charge in [0.15, 0.2) is 5.82 Å². The summed E-state index contributed by atoms with van der Waals surface area (Å²) in [4.78, 5) is 6.79. The molecular weight excluding hydrogens is 320 g/mol. The Bertz CT molecular complexity index is 646. The minimum absolute atomic E-state index is 0.518. The van der Waals surface area contributed by atoms with Crippen LogP contribution >= 0.6 is 0 Å². The lowest BCUT2D eigenvalue weighted by molar-refractivity contribution is 0.0398. The van der Waals surface area contributed by atoms with Crippen LogP contribution < -0.4 is 15.4 Å². The van der Waals surface area contributed by atoms with Crippen LogP contribution in [0.15, 0.2) is 30.5 Å². The molecule has 2 heterocycles. The van der Waals surface area contributed by atoms with Crippen molar-refractivity contribution >= 4 is 17.5 Å². The first-order chi connectivity index (χ1) is 12.3. The summed E-state index contributed by atoms with van der Waals surface area (Å²) in [5.41, 5.74) is 0.920. The van der Waals surface area contributed by atoms with Gasteiger partial charge in [0.1, 0.15) is 5.75 Å². The number of nitrogens with one attached hydrogen (secondary N) is 2. The van der Waals surface area contributed by atoms with Crippen molar-refractivity contribution < 1.29 is 9.47 Å². The molecule has 1 aromatic heterocycles. The highest BCUT2D eigenvalue weighted by atomic mass is 16.5. The molecule has 1 saturated heterocycles. The molecule has 1 aromatic carbocycles. The fourth-order valence-corrected chi connectivity index (χ4v) is 2.54. The zero-order chi connectivity index (χ0) is 17.3. The third kappa shape index (κ3) is 5.54. The van der Waals surface area contributed by atoms with Crippen molar-refractivity contribution in [1.82, 2.24) is 20.1 Å². The Balaban J connectivity index is 1.50. The van der Waals surface area contributed by atoms with Gasteiger partial charge in [-0.3, -0.25) is 4.90 Å². The Morgan fingerprint density at radius 3 is 2.76 bits per heavy atom. The van der Waals surface area contributed by atoms with Gasteiger partial charge in [0, 0.05) is 31.9 Å². The fourth-order valence-electron chi connectivity index (χ4n) is 2.54. The van der Waals surface area contributed by atoms with Gasteiger partial charge >= 0.3 is 0 Å². The fraction of sp³-hybridized carbons (Fsp3) is 0.471. The molecule has 8 nitrogen and oxygen atoms in total. The summed E-state index contributed by atoms with van der Waals surface area (Å²) < 4.78 is 10.8. The molecule has 2 N–H and O–H groups in total. The van der Waals surface area contributed by atoms with Gasteiger partial charge in [0.05, 0.1) is 26.0 Å². The summed E-state index contributed by atoms with van der Waals surface area (Å²) in [5.74, 6) is 2.01. The number of rotatable bonds is 8. The molecule has 0 radical (unpaired) electrons. The molecule has 1 fully saturated rings. The zero-order valence-corrected chi connectivity index (χ0v) is 14.4. The summed E-state index contributed by atoms with van der Waals surface area (Å²) in [6.45, 7) is 7.88. The molecule has 0 aliphatic carbocycles. The summed E-state index contributed by atoms with van der Waals surface area (Å²) >= 11 is 0. The normalized spacial score (nSPS) is 14.9. The van der Waals surface area contributed by atoms with Gasteiger partial charge in [0.2, 0.25) is 5.95 Å². The Morgan fingerprint density at radius 2 is 2.00 bits per heavy atom. The van der Waals surface area contributed by atoms with E-state index in [4.69, 9.17) is 9.47 Å². The van der Waals surface area contributed by atoms with E-state index in [1.807, 2.05) is 31.2 Å². The van der Waals surface area contributed by atoms with Crippen LogP contribution in [0.3, 0.4) is 0 Å². The lowest BCUT2D eigenvalue weighted by Gasteiger charge is -2.26. The van der Waals surface area contributed by atoms with E-state index in [-0.39, 0.29) is 0 Å². The molecule has 8 heteroatoms. The standard InChI is InChI=1S/C17H24N6O2/c1-2-25-15-5-3-14(4-6-15)20-16-13-19-22-17(21-16)18-7-8-23-9-11-24-12-10-23/h3-6,13H,2,7-12H2,1H3,(H2,18,20,21,22). The number of hydrogen-bond acceptors (Lipinski definition) is 8. The molecule has 0 saturated carbocycles. The van der Waals surface area contributed by atoms with E-state index in [2.05, 4.69) is 30.7 Å². The van der Waals surface area contributed by atoms with E-state index >= 15 is 0 Å². The molecule has 3 rings (SSSR count). The first kappa shape index (κ1) is 17.4. The third-order valence-corrected chi connectivity index (χ3v) is 3.81. The topological polar surface area (TPSA) is 84.4 Å². The maximum atomic E-state index is 5.44. The lowest BCUT2D eigenvalue weighted by Crippen LogP contribution is -2.39. The van der Waals surface area contributed by atoms with Crippen molar-refractivity contribution in [3.8, 4) is 5.75 Å². The number of ether oxygens (including phenoxy) is 2. The van der Waals surface area contributed by atoms with Crippen molar-refractivity contribution in [3.63, 3.8) is 0 Å². The number of nitrogens with zero attached hydrogens (tertiary/aromatic N) is 4. The van der Waals surface area contributed by atoms with Crippen LogP contribution in [0.2, 0.25) is 0 Å². The van der Waals surface area contributed by atoms with Crippen molar-refractivity contribution in [2.24, 2.45) is 0 Å². The van der Waals surface area contributed by atoms with Crippen LogP contribution in [0.5, 0.6) is 5.75 Å². The van der Waals surface area contributed by atoms with E-state index in [1.165, 1.54) is 0 Å². The van der Waals surface area contributed by atoms with Crippen LogP contribution in [-0.4, -0.2) is 66.1 Å². The summed E-state index contributed by atoms with van der Waals surface area (Å²) in [7, 11) is 0. The summed E-state index contributed by atoms with van der Waals surface area (Å²) in [6, 6.07) is 7.72. The van der Waals surface area contributed by atoms with Crippen LogP contribution in [0.25, 0.3) is 0 Å². The number of hydrogen-bond donors (Lipinski definition) is 2. The van der Waals surface area contributed by atoms with E-state index in [1.54, 1.807) is 6.20 Å². The Kier molecular flexibility index (Phi) is 6.35. The lowest BCUT2D eigenvalue weighted by atomic mass is 10.3. The van der Waals surface area contributed by atoms with E-state index < -0.39 is 0 Å². The van der Waals surface area contributed by atoms with Crippen molar-refractivity contribution in [2.45, 2.75) is 6.92 Å². The van der Waals surface area contributed by atoms with Gasteiger partial charge in [-0.2, -0.15) is 10.1 Å². The van der Waals surface area contributed by atoms with Gasteiger partial charge in [0.25, 0.3) is 0 Å². The highest BCUT2D eigenvalue weighted by Gasteiger charge is 2.09. The van der Waals surface area contributed by atoms with Gasteiger partial charge in [-0.05, 0) is 31.2 Å². The van der Waals surface area contributed by atoms with Crippen molar-refractivity contribution in [3.05, 3.63) is 30.5 Å². The number of anilines is 3. The van der Waals surface area contributed by atoms with E-state index in [0.717, 1.165) is 50.8 Å². The Morgan fingerprint density at radius 1 is 1.20 bits per heavy atom. The summed E-state index contributed by atoms with van der Waals surface area (Å²) in [6.07, 6.45) is 1.60. The maximum Gasteiger partial charge on any atom is 0.244 e. The van der Waals surface area contributed by atoms with E-state index in [9.17, 15) is 0 Å². The molecular formula is C17H24N6O2. The van der Waals surface area contributed by atoms with Gasteiger partial charge in [-0.1, -0.05) is 0 Å². The zero-order valence-electron chi connectivity index (χ0n) is 14.4. The second-order valence-corrected chi connectivity index (χ2v) is 5.63. The minimum atomic E-state index is 0.518. The number of benzene rings is 1. The first-order valence-corrected chi connectivity index (χ1v) is 8.57. The predicted octanol–water partition coefficient (Wildman–Crippen LogP) is 1.76. The number of morpholine rings is 1. The molecule has 0 unspecified atom stereocenters. The van der Waals surface area contributed by atoms with Crippen LogP contribution in [-0.2, 0) is 4.74 Å². The quantitative estimate of drug-likeness (QED) is 0.749. The van der Waals surface area contributed by atoms with Crippen molar-refractivity contribution in [1.29, 1.82) is 0 Å². The Hall–Kier alpha value is -2.45. The SMILES string of the molecule is CCOc1ccc(Nc2cnnc(NCCN3CCOCC3)n2)cc1. The predicted molar refractivity (Wildman–Crippen MR) is 96.5 cm³/mol. The molecule has 0 amide bonds. The minimum Gasteiger partial charge on any atom is -0.494 e. The molecule has 0 atom stereocenters. The third-order valence-electron chi connectivity index (χ3n) is 3.81. The van der Waals surface area contributed by atoms with Crippen LogP contribution in [0.4, 0.5) is 17.5 Å². The van der Waals surface area contributed by atoms with Gasteiger partial charge in [-0.25, -0.2) is 0 Å². The smallest absolute Gasteiger partial charge is 0.244 e. The largest absolute Gasteiger partial charge is 0.494 e. The molecule has 25 heavy (non-hydrogen) atoms. The van der Waals surface area contributed by atoms with Gasteiger partial charge in [-0.15, -0.1) is 5.10 Å². The summed E-state index contributed by atoms with van der Waals surface area (Å²) in [5, 5.41) is 14.5. The van der Waals surface area contributed by atoms with E-state index in [0.29, 0.717) is 18.4 Å². The molecule has 0 spiro atoms. The first-order valence-electron chi connectivity index (χ1n) is 8.57. The van der Waals surface area contributed by atoms with Crippen molar-refractivity contribution in [2.75, 3.05) is 56.6 Å². The molecule has 134 valence electrons. The average Bonchev–Trinajstić information content (AvgIpc) is 2.65. The Labute approximate surface area is 147 Å². The molecule has 1 aliphatic rings. The second kappa shape index (κ2) is 9.14. The van der Waals surface area contributed by atoms with Crippen LogP contribution in [0, 0.1) is 0 Å². The maximum absolute atomic E-state index is 5.44.